The third-order valence-corrected chi connectivity index (χ3v) is 2.80. The number of rotatable bonds is 3. The van der Waals surface area contributed by atoms with Crippen molar-refractivity contribution in [3.05, 3.63) is 53.2 Å². The summed E-state index contributed by atoms with van der Waals surface area (Å²) in [6.45, 7) is 1.89. The Morgan fingerprint density at radius 2 is 2.00 bits per heavy atom. The lowest BCUT2D eigenvalue weighted by atomic mass is 10.0. The number of Topliss-reactive ketones (excluding diaryl/α,β-unsaturated/α-hetero) is 1. The molecule has 0 saturated heterocycles. The maximum absolute atomic E-state index is 12.1. The van der Waals surface area contributed by atoms with Gasteiger partial charge in [0.1, 0.15) is 5.82 Å². The van der Waals surface area contributed by atoms with E-state index >= 15 is 0 Å². The molecule has 0 unspecified atom stereocenters. The number of carbonyl (C=O) groups is 1. The number of hydrogen-bond acceptors (Lipinski definition) is 4. The molecule has 2 aromatic rings. The van der Waals surface area contributed by atoms with Gasteiger partial charge in [-0.05, 0) is 48.4 Å². The van der Waals surface area contributed by atoms with Crippen LogP contribution < -0.4 is 11.5 Å². The molecule has 4 heteroatoms. The number of aryl methyl sites for hydroxylation is 1. The highest BCUT2D eigenvalue weighted by molar-refractivity contribution is 5.98. The molecule has 0 fully saturated rings. The molecular formula is C14H15N3O. The number of nitrogen functional groups attached to an aromatic ring is 2. The van der Waals surface area contributed by atoms with Crippen LogP contribution in [0.1, 0.15) is 21.5 Å². The Kier molecular flexibility index (Phi) is 3.28. The quantitative estimate of drug-likeness (QED) is 0.636. The van der Waals surface area contributed by atoms with E-state index in [9.17, 15) is 4.79 Å². The first-order valence-electron chi connectivity index (χ1n) is 5.66. The summed E-state index contributed by atoms with van der Waals surface area (Å²) in [5.74, 6) is 0.470. The topological polar surface area (TPSA) is 82.0 Å². The molecule has 1 aromatic heterocycles. The molecule has 0 saturated carbocycles. The van der Waals surface area contributed by atoms with Crippen LogP contribution in [0.3, 0.4) is 0 Å². The molecule has 0 spiro atoms. The van der Waals surface area contributed by atoms with Crippen LogP contribution in [-0.2, 0) is 6.42 Å². The molecule has 0 atom stereocenters. The van der Waals surface area contributed by atoms with Crippen molar-refractivity contribution in [3.63, 3.8) is 0 Å². The first-order chi connectivity index (χ1) is 8.56. The van der Waals surface area contributed by atoms with Crippen molar-refractivity contribution in [3.8, 4) is 0 Å². The van der Waals surface area contributed by atoms with E-state index in [1.165, 1.54) is 0 Å². The molecule has 0 bridgehead atoms. The highest BCUT2D eigenvalue weighted by atomic mass is 16.1. The van der Waals surface area contributed by atoms with Gasteiger partial charge in [0.15, 0.2) is 5.78 Å². The molecule has 1 heterocycles. The van der Waals surface area contributed by atoms with Gasteiger partial charge in [-0.3, -0.25) is 4.79 Å². The van der Waals surface area contributed by atoms with Gasteiger partial charge in [-0.25, -0.2) is 4.98 Å². The predicted octanol–water partition coefficient (Wildman–Crippen LogP) is 1.98. The van der Waals surface area contributed by atoms with Crippen molar-refractivity contribution in [1.29, 1.82) is 0 Å². The molecule has 0 radical (unpaired) electrons. The second-order valence-electron chi connectivity index (χ2n) is 4.26. The fourth-order valence-electron chi connectivity index (χ4n) is 1.74. The van der Waals surface area contributed by atoms with Gasteiger partial charge in [0.25, 0.3) is 0 Å². The second-order valence-corrected chi connectivity index (χ2v) is 4.26. The number of aromatic nitrogens is 1. The summed E-state index contributed by atoms with van der Waals surface area (Å²) < 4.78 is 0. The van der Waals surface area contributed by atoms with Crippen molar-refractivity contribution < 1.29 is 4.79 Å². The zero-order chi connectivity index (χ0) is 13.1. The molecule has 4 N–H and O–H groups in total. The van der Waals surface area contributed by atoms with E-state index in [4.69, 9.17) is 11.5 Å². The van der Waals surface area contributed by atoms with Gasteiger partial charge in [0, 0.05) is 23.9 Å². The van der Waals surface area contributed by atoms with Gasteiger partial charge in [-0.15, -0.1) is 0 Å². The van der Waals surface area contributed by atoms with E-state index < -0.39 is 0 Å². The van der Waals surface area contributed by atoms with Gasteiger partial charge in [0.05, 0.1) is 0 Å². The molecule has 1 aromatic carbocycles. The van der Waals surface area contributed by atoms with Crippen molar-refractivity contribution in [1.82, 2.24) is 4.98 Å². The molecule has 0 aliphatic heterocycles. The number of benzene rings is 1. The van der Waals surface area contributed by atoms with Gasteiger partial charge < -0.3 is 11.5 Å². The van der Waals surface area contributed by atoms with E-state index in [1.807, 2.05) is 13.0 Å². The van der Waals surface area contributed by atoms with Crippen LogP contribution in [-0.4, -0.2) is 10.8 Å². The van der Waals surface area contributed by atoms with Gasteiger partial charge >= 0.3 is 0 Å². The standard InChI is InChI=1S/C14H15N3O/c1-9-6-11(2-3-12(9)15)13(18)7-10-4-5-17-14(16)8-10/h2-6,8H,7,15H2,1H3,(H2,16,17). The first-order valence-corrected chi connectivity index (χ1v) is 5.66. The van der Waals surface area contributed by atoms with Crippen LogP contribution in [0, 0.1) is 6.92 Å². The fourth-order valence-corrected chi connectivity index (χ4v) is 1.74. The third kappa shape index (κ3) is 2.66. The summed E-state index contributed by atoms with van der Waals surface area (Å²) in [7, 11) is 0. The number of anilines is 2. The monoisotopic (exact) mass is 241 g/mol. The maximum atomic E-state index is 12.1. The third-order valence-electron chi connectivity index (χ3n) is 2.80. The number of pyridine rings is 1. The highest BCUT2D eigenvalue weighted by Gasteiger charge is 2.08. The molecular weight excluding hydrogens is 226 g/mol. The Morgan fingerprint density at radius 3 is 2.67 bits per heavy atom. The first kappa shape index (κ1) is 12.1. The van der Waals surface area contributed by atoms with Crippen LogP contribution in [0.5, 0.6) is 0 Å². The van der Waals surface area contributed by atoms with E-state index in [0.717, 1.165) is 11.1 Å². The average molecular weight is 241 g/mol. The minimum absolute atomic E-state index is 0.0451. The number of ketones is 1. The molecule has 18 heavy (non-hydrogen) atoms. The van der Waals surface area contributed by atoms with Crippen molar-refractivity contribution in [2.75, 3.05) is 11.5 Å². The lowest BCUT2D eigenvalue weighted by Crippen LogP contribution is -2.05. The summed E-state index contributed by atoms with van der Waals surface area (Å²) in [4.78, 5) is 16.0. The molecule has 4 nitrogen and oxygen atoms in total. The predicted molar refractivity (Wildman–Crippen MR) is 72.3 cm³/mol. The van der Waals surface area contributed by atoms with Crippen LogP contribution >= 0.6 is 0 Å². The second kappa shape index (κ2) is 4.87. The van der Waals surface area contributed by atoms with Crippen LogP contribution in [0.4, 0.5) is 11.5 Å². The Balaban J connectivity index is 2.19. The minimum Gasteiger partial charge on any atom is -0.399 e. The number of nitrogens with zero attached hydrogens (tertiary/aromatic N) is 1. The normalized spacial score (nSPS) is 10.3. The molecule has 0 aliphatic carbocycles. The largest absolute Gasteiger partial charge is 0.399 e. The van der Waals surface area contributed by atoms with Crippen LogP contribution in [0.2, 0.25) is 0 Å². The lowest BCUT2D eigenvalue weighted by molar-refractivity contribution is 0.0993. The summed E-state index contributed by atoms with van der Waals surface area (Å²) >= 11 is 0. The van der Waals surface area contributed by atoms with Crippen molar-refractivity contribution >= 4 is 17.3 Å². The number of hydrogen-bond donors (Lipinski definition) is 2. The van der Waals surface area contributed by atoms with E-state index in [-0.39, 0.29) is 5.78 Å². The lowest BCUT2D eigenvalue weighted by Gasteiger charge is -2.05. The van der Waals surface area contributed by atoms with Gasteiger partial charge in [0.2, 0.25) is 0 Å². The Hall–Kier alpha value is -2.36. The fraction of sp³-hybridized carbons (Fsp3) is 0.143. The van der Waals surface area contributed by atoms with Crippen molar-refractivity contribution in [2.24, 2.45) is 0 Å². The van der Waals surface area contributed by atoms with Crippen molar-refractivity contribution in [2.45, 2.75) is 13.3 Å². The zero-order valence-corrected chi connectivity index (χ0v) is 10.2. The summed E-state index contributed by atoms with van der Waals surface area (Å²) in [6.07, 6.45) is 1.92. The Labute approximate surface area is 106 Å². The Bertz CT molecular complexity index is 593. The van der Waals surface area contributed by atoms with Crippen LogP contribution in [0.15, 0.2) is 36.5 Å². The number of carbonyl (C=O) groups excluding carboxylic acids is 1. The SMILES string of the molecule is Cc1cc(C(=O)Cc2ccnc(N)c2)ccc1N. The average Bonchev–Trinajstić information content (AvgIpc) is 2.32. The van der Waals surface area contributed by atoms with E-state index in [2.05, 4.69) is 4.98 Å². The maximum Gasteiger partial charge on any atom is 0.167 e. The summed E-state index contributed by atoms with van der Waals surface area (Å²) in [5.41, 5.74) is 14.4. The minimum atomic E-state index is 0.0451. The number of nitrogens with two attached hydrogens (primary N) is 2. The van der Waals surface area contributed by atoms with Gasteiger partial charge in [-0.2, -0.15) is 0 Å². The smallest absolute Gasteiger partial charge is 0.167 e. The zero-order valence-electron chi connectivity index (χ0n) is 10.2. The summed E-state index contributed by atoms with van der Waals surface area (Å²) in [5, 5.41) is 0. The van der Waals surface area contributed by atoms with Crippen LogP contribution in [0.25, 0.3) is 0 Å². The van der Waals surface area contributed by atoms with Gasteiger partial charge in [-0.1, -0.05) is 0 Å². The molecule has 2 rings (SSSR count). The molecule has 0 aliphatic rings. The van der Waals surface area contributed by atoms with E-state index in [0.29, 0.717) is 23.5 Å². The van der Waals surface area contributed by atoms with E-state index in [1.54, 1.807) is 30.5 Å². The Morgan fingerprint density at radius 1 is 1.22 bits per heavy atom. The molecule has 0 amide bonds. The molecule has 92 valence electrons. The highest BCUT2D eigenvalue weighted by Crippen LogP contribution is 2.15. The summed E-state index contributed by atoms with van der Waals surface area (Å²) in [6, 6.07) is 8.81.